The number of nitrogens with zero attached hydrogens (tertiary/aromatic N) is 2. The summed E-state index contributed by atoms with van der Waals surface area (Å²) in [5.74, 6) is -0.290. The Labute approximate surface area is 154 Å². The molecule has 0 spiro atoms. The number of nitrogens with one attached hydrogen (secondary N) is 1. The third-order valence-electron chi connectivity index (χ3n) is 3.38. The van der Waals surface area contributed by atoms with E-state index in [1.54, 1.807) is 41.2 Å². The van der Waals surface area contributed by atoms with E-state index in [0.717, 1.165) is 11.3 Å². The number of aromatic nitrogens is 2. The van der Waals surface area contributed by atoms with E-state index >= 15 is 0 Å². The first-order chi connectivity index (χ1) is 11.5. The topological polar surface area (TPSA) is 46.9 Å². The average molecular weight is 381 g/mol. The van der Waals surface area contributed by atoms with Gasteiger partial charge >= 0.3 is 0 Å². The normalized spacial score (nSPS) is 10.6. The molecule has 4 nitrogen and oxygen atoms in total. The minimum Gasteiger partial charge on any atom is -0.348 e. The maximum Gasteiger partial charge on any atom is 0.253 e. The molecule has 0 fully saturated rings. The van der Waals surface area contributed by atoms with Crippen molar-refractivity contribution in [1.29, 1.82) is 0 Å². The molecule has 0 atom stereocenters. The molecule has 122 valence electrons. The predicted molar refractivity (Wildman–Crippen MR) is 96.2 cm³/mol. The van der Waals surface area contributed by atoms with Crippen LogP contribution in [0.3, 0.4) is 0 Å². The highest BCUT2D eigenvalue weighted by molar-refractivity contribution is 6.43. The lowest BCUT2D eigenvalue weighted by Crippen LogP contribution is -2.22. The van der Waals surface area contributed by atoms with Crippen molar-refractivity contribution < 1.29 is 4.79 Å². The fourth-order valence-electron chi connectivity index (χ4n) is 2.14. The molecule has 24 heavy (non-hydrogen) atoms. The van der Waals surface area contributed by atoms with Crippen LogP contribution in [0, 0.1) is 0 Å². The number of amides is 1. The van der Waals surface area contributed by atoms with E-state index in [-0.39, 0.29) is 10.9 Å². The van der Waals surface area contributed by atoms with Crippen LogP contribution in [0.1, 0.15) is 15.9 Å². The first kappa shape index (κ1) is 16.8. The van der Waals surface area contributed by atoms with E-state index in [4.69, 9.17) is 34.8 Å². The average Bonchev–Trinajstić information content (AvgIpc) is 3.05. The first-order valence-electron chi connectivity index (χ1n) is 7.06. The van der Waals surface area contributed by atoms with Crippen LogP contribution in [0.15, 0.2) is 54.9 Å². The van der Waals surface area contributed by atoms with E-state index in [2.05, 4.69) is 10.4 Å². The Balaban J connectivity index is 1.68. The predicted octanol–water partition coefficient (Wildman–Crippen LogP) is 4.76. The molecule has 3 aromatic rings. The van der Waals surface area contributed by atoms with Crippen LogP contribution in [0.25, 0.3) is 5.69 Å². The van der Waals surface area contributed by atoms with Crippen molar-refractivity contribution in [3.05, 3.63) is 81.1 Å². The summed E-state index contributed by atoms with van der Waals surface area (Å²) in [5.41, 5.74) is 2.08. The highest BCUT2D eigenvalue weighted by atomic mass is 35.5. The molecule has 0 bridgehead atoms. The molecule has 0 aliphatic rings. The summed E-state index contributed by atoms with van der Waals surface area (Å²) in [6, 6.07) is 12.3. The van der Waals surface area contributed by atoms with Gasteiger partial charge in [-0.2, -0.15) is 5.10 Å². The van der Waals surface area contributed by atoms with Crippen LogP contribution in [-0.2, 0) is 6.54 Å². The highest BCUT2D eigenvalue weighted by Crippen LogP contribution is 2.25. The molecule has 0 aliphatic carbocycles. The van der Waals surface area contributed by atoms with Gasteiger partial charge in [0.2, 0.25) is 0 Å². The lowest BCUT2D eigenvalue weighted by Gasteiger charge is -2.06. The number of hydrogen-bond donors (Lipinski definition) is 1. The molecule has 1 heterocycles. The number of hydrogen-bond acceptors (Lipinski definition) is 2. The van der Waals surface area contributed by atoms with Gasteiger partial charge in [0.05, 0.1) is 27.5 Å². The molecule has 1 aromatic heterocycles. The Morgan fingerprint density at radius 1 is 1.08 bits per heavy atom. The summed E-state index contributed by atoms with van der Waals surface area (Å²) in [6.45, 7) is 0.329. The van der Waals surface area contributed by atoms with E-state index in [1.807, 2.05) is 18.3 Å². The molecule has 0 aliphatic heterocycles. The molecule has 1 N–H and O–H groups in total. The van der Waals surface area contributed by atoms with Gasteiger partial charge in [0.15, 0.2) is 0 Å². The van der Waals surface area contributed by atoms with Crippen molar-refractivity contribution in [2.24, 2.45) is 0 Å². The number of benzene rings is 2. The van der Waals surface area contributed by atoms with Crippen molar-refractivity contribution in [2.75, 3.05) is 0 Å². The minimum absolute atomic E-state index is 0.244. The maximum absolute atomic E-state index is 12.2. The summed E-state index contributed by atoms with van der Waals surface area (Å²) in [4.78, 5) is 12.2. The van der Waals surface area contributed by atoms with Gasteiger partial charge in [-0.05, 0) is 36.4 Å². The lowest BCUT2D eigenvalue weighted by atomic mass is 10.2. The minimum atomic E-state index is -0.290. The smallest absolute Gasteiger partial charge is 0.253 e. The Morgan fingerprint density at radius 3 is 2.58 bits per heavy atom. The van der Waals surface area contributed by atoms with Crippen LogP contribution in [-0.4, -0.2) is 15.7 Å². The van der Waals surface area contributed by atoms with Crippen LogP contribution in [0.4, 0.5) is 0 Å². The molecule has 2 aromatic carbocycles. The Hall–Kier alpha value is -2.01. The largest absolute Gasteiger partial charge is 0.348 e. The van der Waals surface area contributed by atoms with Gasteiger partial charge in [-0.1, -0.05) is 40.9 Å². The number of halogens is 3. The van der Waals surface area contributed by atoms with Crippen molar-refractivity contribution in [2.45, 2.75) is 6.54 Å². The first-order valence-corrected chi connectivity index (χ1v) is 8.19. The van der Waals surface area contributed by atoms with Gasteiger partial charge in [0.25, 0.3) is 5.91 Å². The molecule has 1 amide bonds. The van der Waals surface area contributed by atoms with E-state index < -0.39 is 0 Å². The second-order valence-electron chi connectivity index (χ2n) is 5.05. The van der Waals surface area contributed by atoms with Crippen molar-refractivity contribution in [3.63, 3.8) is 0 Å². The zero-order chi connectivity index (χ0) is 17.1. The van der Waals surface area contributed by atoms with Gasteiger partial charge in [-0.25, -0.2) is 4.68 Å². The molecule has 3 rings (SSSR count). The van der Waals surface area contributed by atoms with Gasteiger partial charge < -0.3 is 5.32 Å². The van der Waals surface area contributed by atoms with Gasteiger partial charge in [-0.3, -0.25) is 4.79 Å². The lowest BCUT2D eigenvalue weighted by molar-refractivity contribution is 0.0951. The maximum atomic E-state index is 12.2. The third kappa shape index (κ3) is 3.73. The molecule has 0 saturated heterocycles. The van der Waals surface area contributed by atoms with Crippen LogP contribution in [0.5, 0.6) is 0 Å². The third-order valence-corrected chi connectivity index (χ3v) is 4.45. The standard InChI is InChI=1S/C17H12Cl3N3O/c18-12-4-6-13(7-5-12)23-10-11(9-22-23)8-21-17(24)14-2-1-3-15(19)16(14)20/h1-7,9-10H,8H2,(H,21,24). The molecule has 7 heteroatoms. The van der Waals surface area contributed by atoms with Crippen LogP contribution in [0.2, 0.25) is 15.1 Å². The Kier molecular flexibility index (Phi) is 5.09. The van der Waals surface area contributed by atoms with E-state index in [1.165, 1.54) is 0 Å². The van der Waals surface area contributed by atoms with Gasteiger partial charge in [0.1, 0.15) is 0 Å². The second-order valence-corrected chi connectivity index (χ2v) is 6.28. The molecular weight excluding hydrogens is 369 g/mol. The second kappa shape index (κ2) is 7.26. The number of rotatable bonds is 4. The summed E-state index contributed by atoms with van der Waals surface area (Å²) in [7, 11) is 0. The van der Waals surface area contributed by atoms with Crippen molar-refractivity contribution >= 4 is 40.7 Å². The highest BCUT2D eigenvalue weighted by Gasteiger charge is 2.12. The summed E-state index contributed by atoms with van der Waals surface area (Å²) < 4.78 is 1.71. The Bertz CT molecular complexity index is 875. The van der Waals surface area contributed by atoms with Crippen molar-refractivity contribution in [1.82, 2.24) is 15.1 Å². The van der Waals surface area contributed by atoms with Crippen LogP contribution < -0.4 is 5.32 Å². The quantitative estimate of drug-likeness (QED) is 0.709. The van der Waals surface area contributed by atoms with Crippen molar-refractivity contribution in [3.8, 4) is 5.69 Å². The number of carbonyl (C=O) groups excluding carboxylic acids is 1. The zero-order valence-electron chi connectivity index (χ0n) is 12.3. The molecule has 0 unspecified atom stereocenters. The zero-order valence-corrected chi connectivity index (χ0v) is 14.6. The summed E-state index contributed by atoms with van der Waals surface area (Å²) >= 11 is 17.8. The molecule has 0 saturated carbocycles. The number of carbonyl (C=O) groups is 1. The van der Waals surface area contributed by atoms with Gasteiger partial charge in [0, 0.05) is 23.3 Å². The summed E-state index contributed by atoms with van der Waals surface area (Å²) in [5, 5.41) is 8.33. The Morgan fingerprint density at radius 2 is 1.83 bits per heavy atom. The summed E-state index contributed by atoms with van der Waals surface area (Å²) in [6.07, 6.45) is 3.53. The monoisotopic (exact) mass is 379 g/mol. The fraction of sp³-hybridized carbons (Fsp3) is 0.0588. The van der Waals surface area contributed by atoms with E-state index in [9.17, 15) is 4.79 Å². The SMILES string of the molecule is O=C(NCc1cnn(-c2ccc(Cl)cc2)c1)c1cccc(Cl)c1Cl. The van der Waals surface area contributed by atoms with E-state index in [0.29, 0.717) is 22.2 Å². The van der Waals surface area contributed by atoms with Gasteiger partial charge in [-0.15, -0.1) is 0 Å². The fourth-order valence-corrected chi connectivity index (χ4v) is 2.66. The molecular formula is C17H12Cl3N3O. The van der Waals surface area contributed by atoms with Crippen LogP contribution >= 0.6 is 34.8 Å². The molecule has 0 radical (unpaired) electrons.